The predicted octanol–water partition coefficient (Wildman–Crippen LogP) is 0.993. The third-order valence-electron chi connectivity index (χ3n) is 3.99. The average molecular weight is 274 g/mol. The summed E-state index contributed by atoms with van der Waals surface area (Å²) in [7, 11) is 0. The number of imide groups is 1. The minimum atomic E-state index is -0.425. The Morgan fingerprint density at radius 2 is 1.75 bits per heavy atom. The molecule has 2 bridgehead atoms. The number of likely N-dealkylation sites (tertiary alicyclic amines) is 1. The van der Waals surface area contributed by atoms with E-state index in [2.05, 4.69) is 0 Å². The molecular weight excluding hydrogens is 256 g/mol. The van der Waals surface area contributed by atoms with E-state index in [1.165, 1.54) is 4.90 Å². The summed E-state index contributed by atoms with van der Waals surface area (Å²) < 4.78 is 5.37. The molecule has 2 fully saturated rings. The Bertz CT molecular complexity index is 495. The van der Waals surface area contributed by atoms with Gasteiger partial charge in [0, 0.05) is 12.6 Å². The Kier molecular flexibility index (Phi) is 3.54. The van der Waals surface area contributed by atoms with Gasteiger partial charge in [0.25, 0.3) is 11.8 Å². The molecule has 2 aliphatic rings. The maximum atomic E-state index is 12.1. The molecule has 1 aromatic carbocycles. The van der Waals surface area contributed by atoms with Gasteiger partial charge in [-0.1, -0.05) is 30.3 Å². The quantitative estimate of drug-likeness (QED) is 0.831. The monoisotopic (exact) mass is 274 g/mol. The molecule has 2 N–H and O–H groups in total. The number of carbonyl (C=O) groups excluding carboxylic acids is 2. The molecule has 1 aromatic rings. The van der Waals surface area contributed by atoms with Gasteiger partial charge in [-0.15, -0.1) is 0 Å². The van der Waals surface area contributed by atoms with Gasteiger partial charge in [-0.2, -0.15) is 0 Å². The lowest BCUT2D eigenvalue weighted by atomic mass is 10.0. The lowest BCUT2D eigenvalue weighted by Crippen LogP contribution is -2.52. The summed E-state index contributed by atoms with van der Waals surface area (Å²) in [6.07, 6.45) is 1.02. The van der Waals surface area contributed by atoms with Crippen LogP contribution in [-0.4, -0.2) is 35.5 Å². The van der Waals surface area contributed by atoms with Crippen LogP contribution >= 0.6 is 0 Å². The molecule has 2 amide bonds. The lowest BCUT2D eigenvalue weighted by molar-refractivity contribution is -0.168. The van der Waals surface area contributed by atoms with Crippen molar-refractivity contribution in [3.63, 3.8) is 0 Å². The van der Waals surface area contributed by atoms with Gasteiger partial charge in [0.2, 0.25) is 0 Å². The molecule has 0 saturated carbocycles. The first kappa shape index (κ1) is 13.3. The normalized spacial score (nSPS) is 26.9. The SMILES string of the molecule is NC(CCN1C(=O)C2CCC(O2)C1=O)c1ccccc1. The van der Waals surface area contributed by atoms with Crippen molar-refractivity contribution in [2.75, 3.05) is 6.54 Å². The molecule has 2 heterocycles. The van der Waals surface area contributed by atoms with E-state index in [1.807, 2.05) is 30.3 Å². The molecular formula is C15H18N2O3. The van der Waals surface area contributed by atoms with E-state index in [0.29, 0.717) is 25.8 Å². The topological polar surface area (TPSA) is 72.6 Å². The fraction of sp³-hybridized carbons (Fsp3) is 0.467. The average Bonchev–Trinajstić information content (AvgIpc) is 2.93. The zero-order chi connectivity index (χ0) is 14.1. The van der Waals surface area contributed by atoms with Gasteiger partial charge in [0.1, 0.15) is 12.2 Å². The van der Waals surface area contributed by atoms with Crippen molar-refractivity contribution < 1.29 is 14.3 Å². The first-order chi connectivity index (χ1) is 9.66. The summed E-state index contributed by atoms with van der Waals surface area (Å²) in [5.41, 5.74) is 7.12. The maximum Gasteiger partial charge on any atom is 0.258 e. The summed E-state index contributed by atoms with van der Waals surface area (Å²) in [5.74, 6) is -0.409. The summed E-state index contributed by atoms with van der Waals surface area (Å²) in [4.78, 5) is 25.5. The number of rotatable bonds is 4. The van der Waals surface area contributed by atoms with Gasteiger partial charge in [-0.3, -0.25) is 14.5 Å². The molecule has 3 rings (SSSR count). The van der Waals surface area contributed by atoms with Crippen LogP contribution in [-0.2, 0) is 14.3 Å². The largest absolute Gasteiger partial charge is 0.355 e. The van der Waals surface area contributed by atoms with E-state index in [9.17, 15) is 9.59 Å². The Morgan fingerprint density at radius 3 is 2.35 bits per heavy atom. The van der Waals surface area contributed by atoms with Crippen molar-refractivity contribution in [3.8, 4) is 0 Å². The molecule has 3 unspecified atom stereocenters. The van der Waals surface area contributed by atoms with Crippen molar-refractivity contribution in [2.45, 2.75) is 37.5 Å². The number of morpholine rings is 1. The Labute approximate surface area is 117 Å². The summed E-state index contributed by atoms with van der Waals surface area (Å²) in [6.45, 7) is 0.365. The van der Waals surface area contributed by atoms with Crippen molar-refractivity contribution in [1.29, 1.82) is 0 Å². The number of nitrogens with zero attached hydrogens (tertiary/aromatic N) is 1. The van der Waals surface area contributed by atoms with Crippen LogP contribution in [0.2, 0.25) is 0 Å². The van der Waals surface area contributed by atoms with Crippen LogP contribution in [0.5, 0.6) is 0 Å². The van der Waals surface area contributed by atoms with Crippen LogP contribution in [0.25, 0.3) is 0 Å². The van der Waals surface area contributed by atoms with Crippen LogP contribution in [0.4, 0.5) is 0 Å². The fourth-order valence-electron chi connectivity index (χ4n) is 2.81. The second-order valence-corrected chi connectivity index (χ2v) is 5.32. The van der Waals surface area contributed by atoms with Crippen molar-refractivity contribution >= 4 is 11.8 Å². The molecule has 3 atom stereocenters. The van der Waals surface area contributed by atoms with Crippen LogP contribution in [0, 0.1) is 0 Å². The fourth-order valence-corrected chi connectivity index (χ4v) is 2.81. The molecule has 2 saturated heterocycles. The highest BCUT2D eigenvalue weighted by molar-refractivity contribution is 6.02. The van der Waals surface area contributed by atoms with E-state index >= 15 is 0 Å². The van der Waals surface area contributed by atoms with Gasteiger partial charge in [-0.05, 0) is 24.8 Å². The van der Waals surface area contributed by atoms with Gasteiger partial charge in [-0.25, -0.2) is 0 Å². The lowest BCUT2D eigenvalue weighted by Gasteiger charge is -2.30. The molecule has 0 aromatic heterocycles. The number of benzene rings is 1. The Hall–Kier alpha value is -1.72. The Morgan fingerprint density at radius 1 is 1.15 bits per heavy atom. The highest BCUT2D eigenvalue weighted by Crippen LogP contribution is 2.29. The zero-order valence-electron chi connectivity index (χ0n) is 11.2. The number of carbonyl (C=O) groups is 2. The number of hydrogen-bond acceptors (Lipinski definition) is 4. The standard InChI is InChI=1S/C15H18N2O3/c16-11(10-4-2-1-3-5-10)8-9-17-14(18)12-6-7-13(20-12)15(17)19/h1-5,11-13H,6-9,16H2. The van der Waals surface area contributed by atoms with Gasteiger partial charge in [0.05, 0.1) is 0 Å². The molecule has 0 aliphatic carbocycles. The minimum Gasteiger partial charge on any atom is -0.355 e. The van der Waals surface area contributed by atoms with Crippen molar-refractivity contribution in [1.82, 2.24) is 4.90 Å². The van der Waals surface area contributed by atoms with Crippen LogP contribution in [0.1, 0.15) is 30.9 Å². The predicted molar refractivity (Wildman–Crippen MR) is 72.6 cm³/mol. The third kappa shape index (κ3) is 2.34. The van der Waals surface area contributed by atoms with Crippen LogP contribution in [0.3, 0.4) is 0 Å². The number of hydrogen-bond donors (Lipinski definition) is 1. The first-order valence-electron chi connectivity index (χ1n) is 6.98. The smallest absolute Gasteiger partial charge is 0.258 e. The highest BCUT2D eigenvalue weighted by atomic mass is 16.5. The first-order valence-corrected chi connectivity index (χ1v) is 6.98. The van der Waals surface area contributed by atoms with E-state index in [4.69, 9.17) is 10.5 Å². The molecule has 0 radical (unpaired) electrons. The molecule has 106 valence electrons. The minimum absolute atomic E-state index is 0.169. The molecule has 5 heteroatoms. The number of fused-ring (bicyclic) bond motifs is 2. The molecule has 2 aliphatic heterocycles. The van der Waals surface area contributed by atoms with Crippen LogP contribution in [0.15, 0.2) is 30.3 Å². The van der Waals surface area contributed by atoms with Crippen LogP contribution < -0.4 is 5.73 Å². The summed E-state index contributed by atoms with van der Waals surface area (Å²) >= 11 is 0. The third-order valence-corrected chi connectivity index (χ3v) is 3.99. The van der Waals surface area contributed by atoms with Gasteiger partial charge < -0.3 is 10.5 Å². The van der Waals surface area contributed by atoms with E-state index < -0.39 is 12.2 Å². The number of nitrogens with two attached hydrogens (primary N) is 1. The number of ether oxygens (including phenoxy) is 1. The second kappa shape index (κ2) is 5.34. The van der Waals surface area contributed by atoms with E-state index in [1.54, 1.807) is 0 Å². The van der Waals surface area contributed by atoms with E-state index in [-0.39, 0.29) is 17.9 Å². The molecule has 5 nitrogen and oxygen atoms in total. The number of amides is 2. The summed E-state index contributed by atoms with van der Waals surface area (Å²) in [6, 6.07) is 9.54. The van der Waals surface area contributed by atoms with Crippen molar-refractivity contribution in [3.05, 3.63) is 35.9 Å². The van der Waals surface area contributed by atoms with Gasteiger partial charge in [0.15, 0.2) is 0 Å². The summed E-state index contributed by atoms with van der Waals surface area (Å²) in [5, 5.41) is 0. The molecule has 0 spiro atoms. The van der Waals surface area contributed by atoms with Crippen molar-refractivity contribution in [2.24, 2.45) is 5.73 Å². The second-order valence-electron chi connectivity index (χ2n) is 5.32. The van der Waals surface area contributed by atoms with E-state index in [0.717, 1.165) is 5.56 Å². The maximum absolute atomic E-state index is 12.1. The highest BCUT2D eigenvalue weighted by Gasteiger charge is 2.46. The molecule has 20 heavy (non-hydrogen) atoms. The zero-order valence-corrected chi connectivity index (χ0v) is 11.2. The Balaban J connectivity index is 1.63. The van der Waals surface area contributed by atoms with Gasteiger partial charge >= 0.3 is 0 Å².